The topological polar surface area (TPSA) is 72.2 Å². The number of ether oxygens (including phenoxy) is 2. The molecule has 1 aliphatic rings. The summed E-state index contributed by atoms with van der Waals surface area (Å²) in [6.45, 7) is 0.157. The third-order valence-corrected chi connectivity index (χ3v) is 4.44. The molecule has 0 atom stereocenters. The molecule has 6 heteroatoms. The van der Waals surface area contributed by atoms with Crippen molar-refractivity contribution >= 4 is 5.78 Å². The molecule has 138 valence electrons. The molecule has 0 amide bonds. The molecular weight excluding hydrogens is 359 g/mol. The Morgan fingerprint density at radius 1 is 1.14 bits per heavy atom. The molecule has 1 aromatic heterocycles. The van der Waals surface area contributed by atoms with Crippen molar-refractivity contribution < 1.29 is 18.7 Å². The molecule has 0 bridgehead atoms. The van der Waals surface area contributed by atoms with Crippen molar-refractivity contribution in [2.24, 2.45) is 0 Å². The first kappa shape index (κ1) is 17.7. The lowest BCUT2D eigenvalue weighted by atomic mass is 10.0. The highest BCUT2D eigenvalue weighted by Crippen LogP contribution is 2.35. The second kappa shape index (κ2) is 7.49. The summed E-state index contributed by atoms with van der Waals surface area (Å²) in [6, 6.07) is 15.9. The first-order valence-corrected chi connectivity index (χ1v) is 8.74. The normalized spacial score (nSPS) is 12.6. The second-order valence-corrected chi connectivity index (χ2v) is 6.37. The average molecular weight is 374 g/mol. The summed E-state index contributed by atoms with van der Waals surface area (Å²) in [4.78, 5) is 16.0. The molecule has 0 unspecified atom stereocenters. The molecule has 0 N–H and O–H groups in total. The minimum atomic E-state index is -0.704. The van der Waals surface area contributed by atoms with E-state index in [-0.39, 0.29) is 41.8 Å². The van der Waals surface area contributed by atoms with Gasteiger partial charge in [0.2, 0.25) is 11.7 Å². The molecule has 2 heterocycles. The van der Waals surface area contributed by atoms with Crippen LogP contribution in [-0.4, -0.2) is 17.4 Å². The van der Waals surface area contributed by atoms with E-state index in [0.29, 0.717) is 12.0 Å². The number of benzene rings is 2. The Balaban J connectivity index is 1.55. The van der Waals surface area contributed by atoms with Crippen LogP contribution in [0.15, 0.2) is 54.7 Å². The number of nitrogens with zero attached hydrogens (tertiary/aromatic N) is 2. The maximum Gasteiger partial charge on any atom is 0.219 e. The third kappa shape index (κ3) is 3.55. The maximum absolute atomic E-state index is 14.7. The number of Topliss-reactive ketones (excluding diaryl/α,β-unsaturated/α-hetero) is 1. The molecule has 0 spiro atoms. The molecule has 2 aromatic carbocycles. The third-order valence-electron chi connectivity index (χ3n) is 4.44. The van der Waals surface area contributed by atoms with Gasteiger partial charge in [-0.2, -0.15) is 9.65 Å². The molecule has 4 rings (SSSR count). The SMILES string of the molecule is N#Cc1ccc(Cc2ccnc(Oc3ccc4c(c3F)OCCC4=O)c2)cc1. The highest BCUT2D eigenvalue weighted by molar-refractivity contribution is 5.99. The van der Waals surface area contributed by atoms with E-state index in [0.717, 1.165) is 11.1 Å². The summed E-state index contributed by atoms with van der Waals surface area (Å²) in [5.74, 6) is -0.717. The monoisotopic (exact) mass is 374 g/mol. The number of carbonyl (C=O) groups excluding carboxylic acids is 1. The zero-order valence-corrected chi connectivity index (χ0v) is 14.8. The van der Waals surface area contributed by atoms with Crippen molar-refractivity contribution in [2.75, 3.05) is 6.61 Å². The van der Waals surface area contributed by atoms with Gasteiger partial charge < -0.3 is 9.47 Å². The average Bonchev–Trinajstić information content (AvgIpc) is 2.71. The lowest BCUT2D eigenvalue weighted by Gasteiger charge is -2.18. The van der Waals surface area contributed by atoms with Crippen LogP contribution in [0, 0.1) is 17.1 Å². The molecule has 1 aliphatic heterocycles. The van der Waals surface area contributed by atoms with Gasteiger partial charge in [0, 0.05) is 18.7 Å². The number of fused-ring (bicyclic) bond motifs is 1. The molecule has 3 aromatic rings. The van der Waals surface area contributed by atoms with E-state index in [4.69, 9.17) is 14.7 Å². The van der Waals surface area contributed by atoms with Gasteiger partial charge in [-0.3, -0.25) is 4.79 Å². The van der Waals surface area contributed by atoms with Gasteiger partial charge >= 0.3 is 0 Å². The number of halogens is 1. The number of hydrogen-bond donors (Lipinski definition) is 0. The van der Waals surface area contributed by atoms with Gasteiger partial charge in [0.15, 0.2) is 17.3 Å². The summed E-state index contributed by atoms with van der Waals surface area (Å²) in [7, 11) is 0. The Hall–Kier alpha value is -3.72. The number of pyridine rings is 1. The van der Waals surface area contributed by atoms with Gasteiger partial charge in [-0.15, -0.1) is 0 Å². The standard InChI is InChI=1S/C22H15FN2O3/c23-21-19(6-5-17-18(26)8-10-27-22(17)21)28-20-12-16(7-9-25-20)11-14-1-3-15(13-24)4-2-14/h1-7,9,12H,8,10-11H2. The smallest absolute Gasteiger partial charge is 0.219 e. The summed E-state index contributed by atoms with van der Waals surface area (Å²) in [5, 5.41) is 8.87. The van der Waals surface area contributed by atoms with Gasteiger partial charge in [0.25, 0.3) is 0 Å². The predicted octanol–water partition coefficient (Wildman–Crippen LogP) is 4.44. The van der Waals surface area contributed by atoms with E-state index in [1.165, 1.54) is 12.1 Å². The first-order chi connectivity index (χ1) is 13.6. The van der Waals surface area contributed by atoms with E-state index in [1.807, 2.05) is 18.2 Å². The molecule has 5 nitrogen and oxygen atoms in total. The zero-order valence-electron chi connectivity index (χ0n) is 14.8. The zero-order chi connectivity index (χ0) is 19.5. The Kier molecular flexibility index (Phi) is 4.73. The van der Waals surface area contributed by atoms with Crippen molar-refractivity contribution in [3.63, 3.8) is 0 Å². The summed E-state index contributed by atoms with van der Waals surface area (Å²) >= 11 is 0. The molecule has 0 saturated carbocycles. The highest BCUT2D eigenvalue weighted by atomic mass is 19.1. The molecular formula is C22H15FN2O3. The van der Waals surface area contributed by atoms with Crippen molar-refractivity contribution in [1.29, 1.82) is 5.26 Å². The minimum Gasteiger partial charge on any atom is -0.489 e. The maximum atomic E-state index is 14.7. The van der Waals surface area contributed by atoms with Crippen molar-refractivity contribution in [2.45, 2.75) is 12.8 Å². The lowest BCUT2D eigenvalue weighted by molar-refractivity contribution is 0.0929. The summed E-state index contributed by atoms with van der Waals surface area (Å²) < 4.78 is 25.6. The number of carbonyl (C=O) groups is 1. The van der Waals surface area contributed by atoms with E-state index >= 15 is 0 Å². The van der Waals surface area contributed by atoms with Crippen LogP contribution in [0.4, 0.5) is 4.39 Å². The van der Waals surface area contributed by atoms with E-state index in [1.54, 1.807) is 24.4 Å². The van der Waals surface area contributed by atoms with Crippen molar-refractivity contribution in [1.82, 2.24) is 4.98 Å². The lowest BCUT2D eigenvalue weighted by Crippen LogP contribution is -2.16. The van der Waals surface area contributed by atoms with Gasteiger partial charge in [0.1, 0.15) is 0 Å². The minimum absolute atomic E-state index is 0.0449. The molecule has 0 saturated heterocycles. The van der Waals surface area contributed by atoms with Crippen LogP contribution in [0.3, 0.4) is 0 Å². The van der Waals surface area contributed by atoms with Gasteiger partial charge in [-0.05, 0) is 47.9 Å². The number of aromatic nitrogens is 1. The molecule has 0 fully saturated rings. The van der Waals surface area contributed by atoms with Crippen molar-refractivity contribution in [3.05, 3.63) is 82.8 Å². The van der Waals surface area contributed by atoms with Crippen LogP contribution in [0.2, 0.25) is 0 Å². The van der Waals surface area contributed by atoms with Crippen LogP contribution in [0.1, 0.15) is 33.5 Å². The fraction of sp³-hybridized carbons (Fsp3) is 0.136. The Bertz CT molecular complexity index is 1090. The Labute approximate surface area is 161 Å². The molecule has 0 radical (unpaired) electrons. The largest absolute Gasteiger partial charge is 0.489 e. The van der Waals surface area contributed by atoms with E-state index in [9.17, 15) is 9.18 Å². The highest BCUT2D eigenvalue weighted by Gasteiger charge is 2.24. The van der Waals surface area contributed by atoms with Crippen molar-refractivity contribution in [3.8, 4) is 23.4 Å². The van der Waals surface area contributed by atoms with Crippen LogP contribution >= 0.6 is 0 Å². The Morgan fingerprint density at radius 2 is 1.96 bits per heavy atom. The molecule has 0 aliphatic carbocycles. The van der Waals surface area contributed by atoms with E-state index < -0.39 is 5.82 Å². The summed E-state index contributed by atoms with van der Waals surface area (Å²) in [5.41, 5.74) is 2.80. The van der Waals surface area contributed by atoms with E-state index in [2.05, 4.69) is 11.1 Å². The fourth-order valence-electron chi connectivity index (χ4n) is 3.02. The number of hydrogen-bond acceptors (Lipinski definition) is 5. The first-order valence-electron chi connectivity index (χ1n) is 8.74. The molecule has 28 heavy (non-hydrogen) atoms. The Morgan fingerprint density at radius 3 is 2.75 bits per heavy atom. The van der Waals surface area contributed by atoms with Gasteiger partial charge in [-0.1, -0.05) is 12.1 Å². The number of rotatable bonds is 4. The fourth-order valence-corrected chi connectivity index (χ4v) is 3.02. The summed E-state index contributed by atoms with van der Waals surface area (Å²) in [6.07, 6.45) is 2.45. The predicted molar refractivity (Wildman–Crippen MR) is 99.1 cm³/mol. The quantitative estimate of drug-likeness (QED) is 0.675. The number of nitriles is 1. The van der Waals surface area contributed by atoms with Gasteiger partial charge in [0.05, 0.1) is 23.8 Å². The van der Waals surface area contributed by atoms with Crippen LogP contribution < -0.4 is 9.47 Å². The van der Waals surface area contributed by atoms with Crippen LogP contribution in [0.5, 0.6) is 17.4 Å². The van der Waals surface area contributed by atoms with Crippen LogP contribution in [0.25, 0.3) is 0 Å². The second-order valence-electron chi connectivity index (χ2n) is 6.37. The van der Waals surface area contributed by atoms with Gasteiger partial charge in [-0.25, -0.2) is 4.98 Å². The van der Waals surface area contributed by atoms with Crippen LogP contribution in [-0.2, 0) is 6.42 Å². The number of ketones is 1.